The molecule has 2 saturated heterocycles. The van der Waals surface area contributed by atoms with Crippen LogP contribution in [0, 0.1) is 0 Å². The lowest BCUT2D eigenvalue weighted by atomic mass is 9.95. The maximum absolute atomic E-state index is 12.8. The molecule has 3 amide bonds. The molecular weight excluding hydrogens is 320 g/mol. The minimum Gasteiger partial charge on any atom is -0.352 e. The topological polar surface area (TPSA) is 90.5 Å². The van der Waals surface area contributed by atoms with Gasteiger partial charge in [-0.3, -0.25) is 14.4 Å². The van der Waals surface area contributed by atoms with E-state index in [0.29, 0.717) is 30.6 Å². The summed E-state index contributed by atoms with van der Waals surface area (Å²) in [5.74, 6) is -0.308. The highest BCUT2D eigenvalue weighted by Crippen LogP contribution is 2.28. The van der Waals surface area contributed by atoms with Crippen LogP contribution in [0.25, 0.3) is 0 Å². The molecule has 7 heteroatoms. The van der Waals surface area contributed by atoms with E-state index in [0.717, 1.165) is 19.4 Å². The summed E-state index contributed by atoms with van der Waals surface area (Å²) < 4.78 is 0. The predicted molar refractivity (Wildman–Crippen MR) is 92.1 cm³/mol. The molecule has 2 fully saturated rings. The Hall–Kier alpha value is -2.41. The van der Waals surface area contributed by atoms with Gasteiger partial charge in [0.25, 0.3) is 5.91 Å². The first-order valence-electron chi connectivity index (χ1n) is 8.88. The maximum atomic E-state index is 12.8. The Labute approximate surface area is 146 Å². The SMILES string of the molecule is O=C(NC1CCN2C(=O)c3ccccc3NC(=O)C2C1)C1CCCN1. The number of benzene rings is 1. The van der Waals surface area contributed by atoms with Crippen molar-refractivity contribution in [1.29, 1.82) is 0 Å². The van der Waals surface area contributed by atoms with Gasteiger partial charge in [0.2, 0.25) is 11.8 Å². The second kappa shape index (κ2) is 6.48. The predicted octanol–water partition coefficient (Wildman–Crippen LogP) is 0.480. The van der Waals surface area contributed by atoms with Gasteiger partial charge in [0.1, 0.15) is 6.04 Å². The first kappa shape index (κ1) is 16.1. The van der Waals surface area contributed by atoms with Crippen molar-refractivity contribution < 1.29 is 14.4 Å². The molecule has 3 aliphatic heterocycles. The Bertz CT molecular complexity index is 714. The van der Waals surface area contributed by atoms with Gasteiger partial charge < -0.3 is 20.9 Å². The average molecular weight is 342 g/mol. The van der Waals surface area contributed by atoms with Crippen molar-refractivity contribution in [3.05, 3.63) is 29.8 Å². The number of piperidine rings is 1. The normalized spacial score (nSPS) is 28.6. The molecule has 3 unspecified atom stereocenters. The van der Waals surface area contributed by atoms with Crippen LogP contribution in [0.3, 0.4) is 0 Å². The standard InChI is InChI=1S/C18H22N4O3/c23-16(14-6-3-8-19-14)20-11-7-9-22-15(10-11)17(24)21-13-5-2-1-4-12(13)18(22)25/h1-2,4-5,11,14-15,19H,3,6-10H2,(H,20,23)(H,21,24). The highest BCUT2D eigenvalue weighted by molar-refractivity contribution is 6.09. The molecule has 4 rings (SSSR count). The Morgan fingerprint density at radius 2 is 2.04 bits per heavy atom. The third-order valence-electron chi connectivity index (χ3n) is 5.30. The van der Waals surface area contributed by atoms with Crippen LogP contribution >= 0.6 is 0 Å². The van der Waals surface area contributed by atoms with E-state index < -0.39 is 6.04 Å². The zero-order chi connectivity index (χ0) is 17.4. The summed E-state index contributed by atoms with van der Waals surface area (Å²) in [5.41, 5.74) is 1.08. The number of hydrogen-bond acceptors (Lipinski definition) is 4. The minimum absolute atomic E-state index is 0.000377. The third kappa shape index (κ3) is 3.00. The van der Waals surface area contributed by atoms with Crippen LogP contribution < -0.4 is 16.0 Å². The van der Waals surface area contributed by atoms with Gasteiger partial charge in [-0.2, -0.15) is 0 Å². The van der Waals surface area contributed by atoms with Crippen molar-refractivity contribution in [2.45, 2.75) is 43.8 Å². The van der Waals surface area contributed by atoms with Gasteiger partial charge in [-0.05, 0) is 44.4 Å². The zero-order valence-corrected chi connectivity index (χ0v) is 14.0. The number of anilines is 1. The number of rotatable bonds is 2. The van der Waals surface area contributed by atoms with Crippen LogP contribution in [0.5, 0.6) is 0 Å². The fourth-order valence-electron chi connectivity index (χ4n) is 3.95. The van der Waals surface area contributed by atoms with Gasteiger partial charge in [0.15, 0.2) is 0 Å². The number of para-hydroxylation sites is 1. The van der Waals surface area contributed by atoms with Crippen LogP contribution in [0.2, 0.25) is 0 Å². The quantitative estimate of drug-likeness (QED) is 0.729. The van der Waals surface area contributed by atoms with E-state index in [1.807, 2.05) is 0 Å². The summed E-state index contributed by atoms with van der Waals surface area (Å²) in [6.07, 6.45) is 2.97. The monoisotopic (exact) mass is 342 g/mol. The Morgan fingerprint density at radius 1 is 1.20 bits per heavy atom. The molecular formula is C18H22N4O3. The first-order chi connectivity index (χ1) is 12.1. The third-order valence-corrected chi connectivity index (χ3v) is 5.30. The molecule has 132 valence electrons. The van der Waals surface area contributed by atoms with E-state index in [4.69, 9.17) is 0 Å². The molecule has 3 N–H and O–H groups in total. The second-order valence-corrected chi connectivity index (χ2v) is 6.93. The summed E-state index contributed by atoms with van der Waals surface area (Å²) in [5, 5.41) is 9.09. The molecule has 0 aromatic heterocycles. The molecule has 3 aliphatic rings. The van der Waals surface area contributed by atoms with Crippen molar-refractivity contribution >= 4 is 23.4 Å². The van der Waals surface area contributed by atoms with Crippen LogP contribution in [-0.2, 0) is 9.59 Å². The largest absolute Gasteiger partial charge is 0.352 e. The minimum atomic E-state index is -0.546. The summed E-state index contributed by atoms with van der Waals surface area (Å²) in [4.78, 5) is 39.4. The van der Waals surface area contributed by atoms with Gasteiger partial charge >= 0.3 is 0 Å². The lowest BCUT2D eigenvalue weighted by Crippen LogP contribution is -2.56. The molecule has 7 nitrogen and oxygen atoms in total. The lowest BCUT2D eigenvalue weighted by Gasteiger charge is -2.37. The van der Waals surface area contributed by atoms with Gasteiger partial charge in [-0.15, -0.1) is 0 Å². The zero-order valence-electron chi connectivity index (χ0n) is 14.0. The molecule has 1 aromatic rings. The van der Waals surface area contributed by atoms with Gasteiger partial charge in [-0.25, -0.2) is 0 Å². The van der Waals surface area contributed by atoms with Crippen molar-refractivity contribution in [2.24, 2.45) is 0 Å². The Kier molecular flexibility index (Phi) is 4.17. The van der Waals surface area contributed by atoms with Crippen LogP contribution in [0.1, 0.15) is 36.0 Å². The Morgan fingerprint density at radius 3 is 2.84 bits per heavy atom. The van der Waals surface area contributed by atoms with Crippen molar-refractivity contribution in [3.8, 4) is 0 Å². The fraction of sp³-hybridized carbons (Fsp3) is 0.500. The summed E-state index contributed by atoms with van der Waals surface area (Å²) in [6.45, 7) is 1.34. The lowest BCUT2D eigenvalue weighted by molar-refractivity contribution is -0.126. The highest BCUT2D eigenvalue weighted by atomic mass is 16.2. The Balaban J connectivity index is 1.48. The summed E-state index contributed by atoms with van der Waals surface area (Å²) in [6, 6.07) is 6.31. The second-order valence-electron chi connectivity index (χ2n) is 6.93. The number of carbonyl (C=O) groups is 3. The molecule has 0 aliphatic carbocycles. The van der Waals surface area contributed by atoms with E-state index in [1.54, 1.807) is 29.2 Å². The molecule has 0 saturated carbocycles. The first-order valence-corrected chi connectivity index (χ1v) is 8.88. The maximum Gasteiger partial charge on any atom is 0.256 e. The summed E-state index contributed by atoms with van der Waals surface area (Å²) in [7, 11) is 0. The van der Waals surface area contributed by atoms with E-state index in [-0.39, 0.29) is 29.8 Å². The number of amides is 3. The molecule has 0 spiro atoms. The highest BCUT2D eigenvalue weighted by Gasteiger charge is 2.40. The number of fused-ring (bicyclic) bond motifs is 2. The van der Waals surface area contributed by atoms with E-state index in [2.05, 4.69) is 16.0 Å². The average Bonchev–Trinajstić information content (AvgIpc) is 3.13. The van der Waals surface area contributed by atoms with Gasteiger partial charge in [0.05, 0.1) is 17.3 Å². The number of carbonyl (C=O) groups excluding carboxylic acids is 3. The van der Waals surface area contributed by atoms with Crippen LogP contribution in [0.15, 0.2) is 24.3 Å². The van der Waals surface area contributed by atoms with Crippen molar-refractivity contribution in [2.75, 3.05) is 18.4 Å². The van der Waals surface area contributed by atoms with Crippen molar-refractivity contribution in [3.63, 3.8) is 0 Å². The molecule has 1 aromatic carbocycles. The molecule has 3 atom stereocenters. The molecule has 25 heavy (non-hydrogen) atoms. The van der Waals surface area contributed by atoms with Crippen molar-refractivity contribution in [1.82, 2.24) is 15.5 Å². The number of hydrogen-bond donors (Lipinski definition) is 3. The van der Waals surface area contributed by atoms with Crippen LogP contribution in [0.4, 0.5) is 5.69 Å². The van der Waals surface area contributed by atoms with Gasteiger partial charge in [-0.1, -0.05) is 12.1 Å². The van der Waals surface area contributed by atoms with E-state index in [1.165, 1.54) is 0 Å². The smallest absolute Gasteiger partial charge is 0.256 e. The number of nitrogens with zero attached hydrogens (tertiary/aromatic N) is 1. The van der Waals surface area contributed by atoms with E-state index >= 15 is 0 Å². The fourth-order valence-corrected chi connectivity index (χ4v) is 3.95. The van der Waals surface area contributed by atoms with Gasteiger partial charge in [0, 0.05) is 12.6 Å². The molecule has 0 bridgehead atoms. The molecule has 0 radical (unpaired) electrons. The summed E-state index contributed by atoms with van der Waals surface area (Å²) >= 11 is 0. The number of nitrogens with one attached hydrogen (secondary N) is 3. The molecule has 3 heterocycles. The van der Waals surface area contributed by atoms with Crippen LogP contribution in [-0.4, -0.2) is 53.8 Å². The van der Waals surface area contributed by atoms with E-state index in [9.17, 15) is 14.4 Å².